The monoisotopic (exact) mass is 159 g/mol. The van der Waals surface area contributed by atoms with Gasteiger partial charge in [0.15, 0.2) is 0 Å². The van der Waals surface area contributed by atoms with Crippen LogP contribution in [0.1, 0.15) is 6.42 Å². The van der Waals surface area contributed by atoms with Gasteiger partial charge in [-0.3, -0.25) is 9.69 Å². The average Bonchev–Trinajstić information content (AvgIpc) is 2.30. The number of ether oxygens (including phenoxy) is 1. The van der Waals surface area contributed by atoms with Crippen LogP contribution in [0.4, 0.5) is 0 Å². The molecule has 0 spiro atoms. The summed E-state index contributed by atoms with van der Waals surface area (Å²) in [6.45, 7) is 0.716. The van der Waals surface area contributed by atoms with Crippen molar-refractivity contribution in [3.63, 3.8) is 0 Å². The molecule has 0 aromatic rings. The summed E-state index contributed by atoms with van der Waals surface area (Å²) >= 11 is 0. The maximum atomic E-state index is 10.6. The van der Waals surface area contributed by atoms with Gasteiger partial charge < -0.3 is 9.84 Å². The predicted octanol–water partition coefficient (Wildman–Crippen LogP) is -0.210. The fourth-order valence-corrected chi connectivity index (χ4v) is 1.41. The maximum Gasteiger partial charge on any atom is 0.321 e. The zero-order chi connectivity index (χ0) is 8.43. The van der Waals surface area contributed by atoms with E-state index in [2.05, 4.69) is 0 Å². The van der Waals surface area contributed by atoms with E-state index in [4.69, 9.17) is 9.84 Å². The quantitative estimate of drug-likeness (QED) is 0.605. The van der Waals surface area contributed by atoms with Gasteiger partial charge in [0.25, 0.3) is 0 Å². The van der Waals surface area contributed by atoms with Crippen LogP contribution in [0.3, 0.4) is 0 Å². The Labute approximate surface area is 65.8 Å². The van der Waals surface area contributed by atoms with Gasteiger partial charge in [-0.15, -0.1) is 0 Å². The first-order valence-corrected chi connectivity index (χ1v) is 3.61. The maximum absolute atomic E-state index is 10.6. The fourth-order valence-electron chi connectivity index (χ4n) is 1.41. The number of carboxylic acid groups (broad SMARTS) is 1. The first kappa shape index (κ1) is 8.49. The largest absolute Gasteiger partial charge is 0.480 e. The molecule has 2 atom stereocenters. The van der Waals surface area contributed by atoms with E-state index in [1.807, 2.05) is 0 Å². The molecule has 0 aliphatic carbocycles. The van der Waals surface area contributed by atoms with Crippen molar-refractivity contribution in [1.29, 1.82) is 0 Å². The van der Waals surface area contributed by atoms with Crippen LogP contribution in [0.15, 0.2) is 0 Å². The molecule has 0 bridgehead atoms. The highest BCUT2D eigenvalue weighted by Gasteiger charge is 2.34. The molecule has 1 rings (SSSR count). The summed E-state index contributed by atoms with van der Waals surface area (Å²) in [6.07, 6.45) is 0.684. The molecule has 1 N–H and O–H groups in total. The van der Waals surface area contributed by atoms with Crippen molar-refractivity contribution in [2.75, 3.05) is 20.7 Å². The number of likely N-dealkylation sites (tertiary alicyclic amines) is 1. The highest BCUT2D eigenvalue weighted by Crippen LogP contribution is 2.17. The fraction of sp³-hybridized carbons (Fsp3) is 0.857. The lowest BCUT2D eigenvalue weighted by Crippen LogP contribution is -2.32. The Balaban J connectivity index is 2.51. The number of aliphatic carboxylic acids is 1. The molecule has 4 nitrogen and oxygen atoms in total. The molecule has 4 heteroatoms. The van der Waals surface area contributed by atoms with E-state index in [1.54, 1.807) is 19.1 Å². The average molecular weight is 159 g/mol. The normalized spacial score (nSPS) is 32.5. The van der Waals surface area contributed by atoms with Crippen molar-refractivity contribution in [1.82, 2.24) is 4.90 Å². The number of hydrogen-bond donors (Lipinski definition) is 1. The number of carbonyl (C=O) groups is 1. The topological polar surface area (TPSA) is 49.8 Å². The Morgan fingerprint density at radius 3 is 2.64 bits per heavy atom. The van der Waals surface area contributed by atoms with Crippen molar-refractivity contribution in [2.24, 2.45) is 0 Å². The molecular weight excluding hydrogens is 146 g/mol. The van der Waals surface area contributed by atoms with Crippen molar-refractivity contribution in [3.05, 3.63) is 0 Å². The molecule has 0 amide bonds. The molecule has 0 saturated carbocycles. The number of nitrogens with zero attached hydrogens (tertiary/aromatic N) is 1. The number of rotatable bonds is 2. The zero-order valence-electron chi connectivity index (χ0n) is 6.78. The van der Waals surface area contributed by atoms with Gasteiger partial charge in [0.05, 0.1) is 6.10 Å². The van der Waals surface area contributed by atoms with Crippen LogP contribution in [-0.4, -0.2) is 48.8 Å². The third kappa shape index (κ3) is 1.70. The van der Waals surface area contributed by atoms with Gasteiger partial charge in [0, 0.05) is 20.1 Å². The van der Waals surface area contributed by atoms with Crippen LogP contribution < -0.4 is 0 Å². The molecule has 0 unspecified atom stereocenters. The van der Waals surface area contributed by atoms with Crippen molar-refractivity contribution in [2.45, 2.75) is 18.6 Å². The van der Waals surface area contributed by atoms with Crippen LogP contribution in [0, 0.1) is 0 Å². The van der Waals surface area contributed by atoms with Crippen LogP contribution in [0.25, 0.3) is 0 Å². The van der Waals surface area contributed by atoms with Crippen LogP contribution in [-0.2, 0) is 9.53 Å². The third-order valence-corrected chi connectivity index (χ3v) is 2.13. The van der Waals surface area contributed by atoms with Crippen LogP contribution in [0.5, 0.6) is 0 Å². The van der Waals surface area contributed by atoms with E-state index in [1.165, 1.54) is 0 Å². The van der Waals surface area contributed by atoms with Gasteiger partial charge in [-0.1, -0.05) is 0 Å². The van der Waals surface area contributed by atoms with Crippen molar-refractivity contribution >= 4 is 5.97 Å². The Morgan fingerprint density at radius 2 is 2.36 bits per heavy atom. The number of methoxy groups -OCH3 is 1. The van der Waals surface area contributed by atoms with E-state index in [-0.39, 0.29) is 12.1 Å². The smallest absolute Gasteiger partial charge is 0.321 e. The minimum atomic E-state index is -0.757. The summed E-state index contributed by atoms with van der Waals surface area (Å²) in [6, 6.07) is -0.361. The first-order valence-electron chi connectivity index (χ1n) is 3.61. The predicted molar refractivity (Wildman–Crippen MR) is 39.5 cm³/mol. The van der Waals surface area contributed by atoms with E-state index < -0.39 is 5.97 Å². The number of hydrogen-bond acceptors (Lipinski definition) is 3. The molecule has 1 fully saturated rings. The molecule has 64 valence electrons. The number of likely N-dealkylation sites (N-methyl/N-ethyl adjacent to an activating group) is 1. The van der Waals surface area contributed by atoms with E-state index in [9.17, 15) is 4.79 Å². The van der Waals surface area contributed by atoms with Gasteiger partial charge >= 0.3 is 5.97 Å². The molecular formula is C7H13NO3. The van der Waals surface area contributed by atoms with E-state index >= 15 is 0 Å². The standard InChI is InChI=1S/C7H13NO3/c1-8-4-5(11-2)3-6(8)7(9)10/h5-6H,3-4H2,1-2H3,(H,9,10)/t5-,6-/m1/s1. The molecule has 1 saturated heterocycles. The molecule has 0 aromatic carbocycles. The Hall–Kier alpha value is -0.610. The van der Waals surface area contributed by atoms with Gasteiger partial charge in [-0.05, 0) is 7.05 Å². The molecule has 1 heterocycles. The Morgan fingerprint density at radius 1 is 1.73 bits per heavy atom. The lowest BCUT2D eigenvalue weighted by molar-refractivity contribution is -0.141. The molecule has 0 aromatic heterocycles. The zero-order valence-corrected chi connectivity index (χ0v) is 6.78. The minimum absolute atomic E-state index is 0.0844. The Bertz CT molecular complexity index is 160. The van der Waals surface area contributed by atoms with Gasteiger partial charge in [-0.2, -0.15) is 0 Å². The summed E-state index contributed by atoms with van der Waals surface area (Å²) in [7, 11) is 3.42. The summed E-state index contributed by atoms with van der Waals surface area (Å²) in [5, 5.41) is 8.70. The van der Waals surface area contributed by atoms with Crippen molar-refractivity contribution in [3.8, 4) is 0 Å². The summed E-state index contributed by atoms with van der Waals surface area (Å²) < 4.78 is 5.06. The molecule has 0 radical (unpaired) electrons. The van der Waals surface area contributed by atoms with Crippen LogP contribution >= 0.6 is 0 Å². The lowest BCUT2D eigenvalue weighted by Gasteiger charge is -2.12. The second kappa shape index (κ2) is 3.19. The molecule has 1 aliphatic heterocycles. The minimum Gasteiger partial charge on any atom is -0.480 e. The van der Waals surface area contributed by atoms with Gasteiger partial charge in [0.1, 0.15) is 6.04 Å². The lowest BCUT2D eigenvalue weighted by atomic mass is 10.2. The van der Waals surface area contributed by atoms with E-state index in [0.29, 0.717) is 13.0 Å². The summed E-state index contributed by atoms with van der Waals surface area (Å²) in [5.74, 6) is -0.757. The summed E-state index contributed by atoms with van der Waals surface area (Å²) in [4.78, 5) is 12.4. The van der Waals surface area contributed by atoms with Crippen LogP contribution in [0.2, 0.25) is 0 Å². The SMILES string of the molecule is CO[C@@H]1C[C@H](C(=O)O)N(C)C1. The summed E-state index contributed by atoms with van der Waals surface area (Å²) in [5.41, 5.74) is 0. The second-order valence-electron chi connectivity index (χ2n) is 2.89. The second-order valence-corrected chi connectivity index (χ2v) is 2.89. The highest BCUT2D eigenvalue weighted by atomic mass is 16.5. The highest BCUT2D eigenvalue weighted by molar-refractivity contribution is 5.73. The van der Waals surface area contributed by atoms with Gasteiger partial charge in [0.2, 0.25) is 0 Å². The third-order valence-electron chi connectivity index (χ3n) is 2.13. The Kier molecular flexibility index (Phi) is 2.46. The number of carboxylic acids is 1. The molecule has 1 aliphatic rings. The van der Waals surface area contributed by atoms with Gasteiger partial charge in [-0.25, -0.2) is 0 Å². The molecule has 11 heavy (non-hydrogen) atoms. The van der Waals surface area contributed by atoms with Crippen molar-refractivity contribution < 1.29 is 14.6 Å². The first-order chi connectivity index (χ1) is 5.15. The van der Waals surface area contributed by atoms with E-state index in [0.717, 1.165) is 0 Å².